The number of rotatable bonds is 4. The maximum absolute atomic E-state index is 11.9. The van der Waals surface area contributed by atoms with Crippen LogP contribution in [0.25, 0.3) is 10.9 Å². The number of fused-ring (bicyclic) bond motifs is 1. The number of hydrogen-bond donors (Lipinski definition) is 2. The Morgan fingerprint density at radius 3 is 2.73 bits per heavy atom. The van der Waals surface area contributed by atoms with Gasteiger partial charge in [-0.05, 0) is 35.2 Å². The molecule has 0 aliphatic heterocycles. The molecule has 0 atom stereocenters. The first kappa shape index (κ1) is 14.4. The Kier molecular flexibility index (Phi) is 4.21. The monoisotopic (exact) mass is 311 g/mol. The molecule has 0 saturated heterocycles. The SMILES string of the molecule is O=C(Cc1cc2ccccc2[nH]1)NN=Cc1ccc(Cl)cc1. The van der Waals surface area contributed by atoms with Crippen LogP contribution in [0.1, 0.15) is 11.3 Å². The number of amides is 1. The summed E-state index contributed by atoms with van der Waals surface area (Å²) < 4.78 is 0. The molecular weight excluding hydrogens is 298 g/mol. The molecular formula is C17H14ClN3O. The predicted octanol–water partition coefficient (Wildman–Crippen LogP) is 3.51. The summed E-state index contributed by atoms with van der Waals surface area (Å²) in [6.07, 6.45) is 1.84. The smallest absolute Gasteiger partial charge is 0.245 e. The maximum atomic E-state index is 11.9. The van der Waals surface area contributed by atoms with Crippen molar-refractivity contribution >= 4 is 34.6 Å². The average Bonchev–Trinajstić information content (AvgIpc) is 2.91. The zero-order valence-corrected chi connectivity index (χ0v) is 12.5. The number of H-pyrrole nitrogens is 1. The molecule has 0 bridgehead atoms. The number of aromatic amines is 1. The van der Waals surface area contributed by atoms with E-state index in [4.69, 9.17) is 11.6 Å². The van der Waals surface area contributed by atoms with Crippen molar-refractivity contribution in [2.45, 2.75) is 6.42 Å². The molecule has 0 aliphatic rings. The van der Waals surface area contributed by atoms with E-state index in [0.717, 1.165) is 22.2 Å². The molecule has 0 saturated carbocycles. The van der Waals surface area contributed by atoms with Crippen LogP contribution in [-0.4, -0.2) is 17.1 Å². The Labute approximate surface area is 132 Å². The fourth-order valence-corrected chi connectivity index (χ4v) is 2.29. The molecule has 110 valence electrons. The number of halogens is 1. The predicted molar refractivity (Wildman–Crippen MR) is 89.2 cm³/mol. The van der Waals surface area contributed by atoms with Gasteiger partial charge in [-0.3, -0.25) is 4.79 Å². The van der Waals surface area contributed by atoms with Crippen LogP contribution >= 0.6 is 11.6 Å². The molecule has 1 heterocycles. The molecule has 0 aliphatic carbocycles. The van der Waals surface area contributed by atoms with Crippen LogP contribution < -0.4 is 5.43 Å². The number of para-hydroxylation sites is 1. The number of nitrogens with zero attached hydrogens (tertiary/aromatic N) is 1. The van der Waals surface area contributed by atoms with E-state index in [2.05, 4.69) is 15.5 Å². The highest BCUT2D eigenvalue weighted by Crippen LogP contribution is 2.14. The van der Waals surface area contributed by atoms with Gasteiger partial charge in [-0.25, -0.2) is 5.43 Å². The highest BCUT2D eigenvalue weighted by atomic mass is 35.5. The fourth-order valence-electron chi connectivity index (χ4n) is 2.17. The molecule has 3 rings (SSSR count). The lowest BCUT2D eigenvalue weighted by atomic mass is 10.2. The fraction of sp³-hybridized carbons (Fsp3) is 0.0588. The van der Waals surface area contributed by atoms with Gasteiger partial charge in [-0.2, -0.15) is 5.10 Å². The largest absolute Gasteiger partial charge is 0.358 e. The summed E-state index contributed by atoms with van der Waals surface area (Å²) >= 11 is 5.80. The third-order valence-corrected chi connectivity index (χ3v) is 3.46. The maximum Gasteiger partial charge on any atom is 0.245 e. The summed E-state index contributed by atoms with van der Waals surface area (Å²) in [7, 11) is 0. The summed E-state index contributed by atoms with van der Waals surface area (Å²) in [5.41, 5.74) is 5.27. The van der Waals surface area contributed by atoms with Gasteiger partial charge in [0.2, 0.25) is 5.91 Å². The first-order chi connectivity index (χ1) is 10.7. The van der Waals surface area contributed by atoms with E-state index >= 15 is 0 Å². The minimum Gasteiger partial charge on any atom is -0.358 e. The van der Waals surface area contributed by atoms with Gasteiger partial charge in [-0.1, -0.05) is 41.9 Å². The highest BCUT2D eigenvalue weighted by molar-refractivity contribution is 6.30. The van der Waals surface area contributed by atoms with E-state index < -0.39 is 0 Å². The standard InChI is InChI=1S/C17H14ClN3O/c18-14-7-5-12(6-8-14)11-19-21-17(22)10-15-9-13-3-1-2-4-16(13)20-15/h1-9,11,20H,10H2,(H,21,22). The van der Waals surface area contributed by atoms with Crippen LogP contribution in [0.15, 0.2) is 59.7 Å². The number of hydrazone groups is 1. The quantitative estimate of drug-likeness (QED) is 0.562. The lowest BCUT2D eigenvalue weighted by Gasteiger charge is -1.98. The minimum atomic E-state index is -0.170. The van der Waals surface area contributed by atoms with Gasteiger partial charge in [0.25, 0.3) is 0 Å². The molecule has 0 unspecified atom stereocenters. The van der Waals surface area contributed by atoms with Crippen molar-refractivity contribution in [1.29, 1.82) is 0 Å². The van der Waals surface area contributed by atoms with Crippen molar-refractivity contribution in [2.24, 2.45) is 5.10 Å². The molecule has 2 N–H and O–H groups in total. The Hall–Kier alpha value is -2.59. The normalized spacial score (nSPS) is 11.1. The molecule has 1 aromatic heterocycles. The second-order valence-electron chi connectivity index (χ2n) is 4.90. The third kappa shape index (κ3) is 3.54. The minimum absolute atomic E-state index is 0.170. The van der Waals surface area contributed by atoms with E-state index in [0.29, 0.717) is 5.02 Å². The van der Waals surface area contributed by atoms with Crippen molar-refractivity contribution in [1.82, 2.24) is 10.4 Å². The van der Waals surface area contributed by atoms with Crippen LogP contribution in [0.3, 0.4) is 0 Å². The summed E-state index contributed by atoms with van der Waals surface area (Å²) in [5, 5.41) is 5.70. The number of benzene rings is 2. The van der Waals surface area contributed by atoms with Crippen molar-refractivity contribution in [3.63, 3.8) is 0 Å². The zero-order valence-electron chi connectivity index (χ0n) is 11.7. The summed E-state index contributed by atoms with van der Waals surface area (Å²) in [4.78, 5) is 15.1. The number of hydrogen-bond acceptors (Lipinski definition) is 2. The van der Waals surface area contributed by atoms with Gasteiger partial charge in [-0.15, -0.1) is 0 Å². The molecule has 5 heteroatoms. The van der Waals surface area contributed by atoms with Crippen molar-refractivity contribution < 1.29 is 4.79 Å². The molecule has 0 radical (unpaired) electrons. The molecule has 0 spiro atoms. The zero-order chi connectivity index (χ0) is 15.4. The lowest BCUT2D eigenvalue weighted by molar-refractivity contribution is -0.120. The van der Waals surface area contributed by atoms with Gasteiger partial charge in [0, 0.05) is 16.2 Å². The third-order valence-electron chi connectivity index (χ3n) is 3.21. The van der Waals surface area contributed by atoms with Crippen LogP contribution in [0, 0.1) is 0 Å². The lowest BCUT2D eigenvalue weighted by Crippen LogP contribution is -2.19. The van der Waals surface area contributed by atoms with Crippen molar-refractivity contribution in [3.05, 3.63) is 70.9 Å². The van der Waals surface area contributed by atoms with Gasteiger partial charge in [0.15, 0.2) is 0 Å². The number of carbonyl (C=O) groups is 1. The average molecular weight is 312 g/mol. The molecule has 4 nitrogen and oxygen atoms in total. The van der Waals surface area contributed by atoms with E-state index in [1.54, 1.807) is 18.3 Å². The highest BCUT2D eigenvalue weighted by Gasteiger charge is 2.05. The summed E-state index contributed by atoms with van der Waals surface area (Å²) in [5.74, 6) is -0.170. The van der Waals surface area contributed by atoms with Crippen LogP contribution in [-0.2, 0) is 11.2 Å². The summed E-state index contributed by atoms with van der Waals surface area (Å²) in [6.45, 7) is 0. The number of nitrogens with one attached hydrogen (secondary N) is 2. The van der Waals surface area contributed by atoms with Crippen molar-refractivity contribution in [2.75, 3.05) is 0 Å². The Morgan fingerprint density at radius 1 is 1.18 bits per heavy atom. The topological polar surface area (TPSA) is 57.2 Å². The molecule has 2 aromatic carbocycles. The second kappa shape index (κ2) is 6.45. The molecule has 3 aromatic rings. The Morgan fingerprint density at radius 2 is 1.95 bits per heavy atom. The van der Waals surface area contributed by atoms with E-state index in [9.17, 15) is 4.79 Å². The van der Waals surface area contributed by atoms with Crippen LogP contribution in [0.5, 0.6) is 0 Å². The van der Waals surface area contributed by atoms with E-state index in [1.807, 2.05) is 42.5 Å². The van der Waals surface area contributed by atoms with Crippen molar-refractivity contribution in [3.8, 4) is 0 Å². The molecule has 22 heavy (non-hydrogen) atoms. The van der Waals surface area contributed by atoms with Gasteiger partial charge in [0.05, 0.1) is 12.6 Å². The molecule has 1 amide bonds. The van der Waals surface area contributed by atoms with E-state index in [1.165, 1.54) is 0 Å². The first-order valence-electron chi connectivity index (χ1n) is 6.85. The van der Waals surface area contributed by atoms with Crippen LogP contribution in [0.2, 0.25) is 5.02 Å². The number of aromatic nitrogens is 1. The van der Waals surface area contributed by atoms with Gasteiger partial charge in [0.1, 0.15) is 0 Å². The first-order valence-corrected chi connectivity index (χ1v) is 7.22. The Balaban J connectivity index is 1.59. The Bertz CT molecular complexity index is 788. The molecule has 0 fully saturated rings. The van der Waals surface area contributed by atoms with Gasteiger partial charge >= 0.3 is 0 Å². The van der Waals surface area contributed by atoms with E-state index in [-0.39, 0.29) is 12.3 Å². The number of carbonyl (C=O) groups excluding carboxylic acids is 1. The summed E-state index contributed by atoms with van der Waals surface area (Å²) in [6, 6.07) is 17.1. The van der Waals surface area contributed by atoms with Crippen LogP contribution in [0.4, 0.5) is 0 Å². The second-order valence-corrected chi connectivity index (χ2v) is 5.34. The van der Waals surface area contributed by atoms with Gasteiger partial charge < -0.3 is 4.98 Å².